The molecular weight excluding hydrogens is 757 g/mol. The van der Waals surface area contributed by atoms with E-state index in [2.05, 4.69) is 190 Å². The third kappa shape index (κ3) is 4.61. The predicted octanol–water partition coefficient (Wildman–Crippen LogP) is 14.6. The molecule has 0 atom stereocenters. The van der Waals surface area contributed by atoms with Gasteiger partial charge in [0.2, 0.25) is 0 Å². The largest absolute Gasteiger partial charge is 0.354 e. The first-order chi connectivity index (χ1) is 30.7. The Balaban J connectivity index is 1.32. The fraction of sp³-hybridized carbons (Fsp3) is 0. The van der Waals surface area contributed by atoms with Crippen LogP contribution in [0.15, 0.2) is 170 Å². The number of benzene rings is 9. The quantitative estimate of drug-likeness (QED) is 0.142. The zero-order chi connectivity index (χ0) is 41.1. The predicted molar refractivity (Wildman–Crippen MR) is 255 cm³/mol. The number of para-hydroxylation sites is 8. The topological polar surface area (TPSA) is 111 Å². The van der Waals surface area contributed by atoms with Gasteiger partial charge in [0.1, 0.15) is 12.1 Å². The summed E-state index contributed by atoms with van der Waals surface area (Å²) in [6.45, 7) is 0. The minimum Gasteiger partial charge on any atom is -0.354 e. The molecule has 0 aliphatic carbocycles. The second-order valence-electron chi connectivity index (χ2n) is 16.1. The SMILES string of the molecule is N#Cc1c(C#N)c(-c2cccc3c2[nH]c2ccccc23)c(-c2cccc3c2[nH]c2ccccc23)c(-c2cccc3c2[nH]c2ccccc23)c1-c1cccc2c1[nH]c1ccccc12. The van der Waals surface area contributed by atoms with Crippen molar-refractivity contribution in [2.24, 2.45) is 0 Å². The smallest absolute Gasteiger partial charge is 0.101 e. The van der Waals surface area contributed by atoms with E-state index in [-0.39, 0.29) is 0 Å². The highest BCUT2D eigenvalue weighted by Gasteiger charge is 2.32. The van der Waals surface area contributed by atoms with Gasteiger partial charge in [-0.2, -0.15) is 10.5 Å². The third-order valence-electron chi connectivity index (χ3n) is 13.0. The van der Waals surface area contributed by atoms with Crippen molar-refractivity contribution in [1.29, 1.82) is 10.5 Å². The van der Waals surface area contributed by atoms with Crippen LogP contribution in [0.25, 0.3) is 132 Å². The van der Waals surface area contributed by atoms with Gasteiger partial charge in [0.05, 0.1) is 33.2 Å². The van der Waals surface area contributed by atoms with Crippen molar-refractivity contribution in [2.75, 3.05) is 0 Å². The molecule has 0 spiro atoms. The van der Waals surface area contributed by atoms with E-state index in [1.165, 1.54) is 0 Å². The highest BCUT2D eigenvalue weighted by Crippen LogP contribution is 2.54. The first kappa shape index (κ1) is 34.1. The number of fused-ring (bicyclic) bond motifs is 12. The summed E-state index contributed by atoms with van der Waals surface area (Å²) >= 11 is 0. The molecule has 4 aromatic heterocycles. The highest BCUT2D eigenvalue weighted by atomic mass is 14.7. The fourth-order valence-corrected chi connectivity index (χ4v) is 10.4. The van der Waals surface area contributed by atoms with E-state index in [1.54, 1.807) is 0 Å². The van der Waals surface area contributed by atoms with Crippen molar-refractivity contribution in [1.82, 2.24) is 19.9 Å². The Bertz CT molecular complexity index is 3870. The van der Waals surface area contributed by atoms with Crippen LogP contribution in [0.2, 0.25) is 0 Å². The zero-order valence-corrected chi connectivity index (χ0v) is 33.1. The van der Waals surface area contributed by atoms with Crippen molar-refractivity contribution in [3.05, 3.63) is 181 Å². The van der Waals surface area contributed by atoms with Crippen LogP contribution in [0.3, 0.4) is 0 Å². The van der Waals surface area contributed by atoms with Crippen LogP contribution in [0, 0.1) is 22.7 Å². The van der Waals surface area contributed by atoms with Gasteiger partial charge in [-0.25, -0.2) is 0 Å². The lowest BCUT2D eigenvalue weighted by molar-refractivity contribution is 1.41. The number of H-pyrrole nitrogens is 4. The van der Waals surface area contributed by atoms with Gasteiger partial charge in [0.25, 0.3) is 0 Å². The summed E-state index contributed by atoms with van der Waals surface area (Å²) in [7, 11) is 0. The van der Waals surface area contributed by atoms with Gasteiger partial charge in [0.15, 0.2) is 0 Å². The minimum absolute atomic E-state index is 0.317. The van der Waals surface area contributed by atoms with Crippen LogP contribution >= 0.6 is 0 Å². The van der Waals surface area contributed by atoms with Crippen LogP contribution in [-0.4, -0.2) is 19.9 Å². The van der Waals surface area contributed by atoms with E-state index in [4.69, 9.17) is 0 Å². The molecule has 286 valence electrons. The molecule has 0 aliphatic heterocycles. The van der Waals surface area contributed by atoms with Gasteiger partial charge < -0.3 is 19.9 Å². The third-order valence-corrected chi connectivity index (χ3v) is 13.0. The minimum atomic E-state index is 0.317. The number of hydrogen-bond donors (Lipinski definition) is 4. The van der Waals surface area contributed by atoms with Crippen molar-refractivity contribution < 1.29 is 0 Å². The van der Waals surface area contributed by atoms with Crippen molar-refractivity contribution in [2.45, 2.75) is 0 Å². The molecule has 13 rings (SSSR count). The van der Waals surface area contributed by atoms with Gasteiger partial charge >= 0.3 is 0 Å². The molecule has 0 bridgehead atoms. The highest BCUT2D eigenvalue weighted by molar-refractivity contribution is 6.23. The van der Waals surface area contributed by atoms with E-state index in [0.29, 0.717) is 22.3 Å². The zero-order valence-electron chi connectivity index (χ0n) is 33.1. The molecule has 9 aromatic carbocycles. The lowest BCUT2D eigenvalue weighted by Gasteiger charge is -2.25. The molecule has 0 saturated heterocycles. The van der Waals surface area contributed by atoms with E-state index in [9.17, 15) is 10.5 Å². The summed E-state index contributed by atoms with van der Waals surface area (Å²) in [6.07, 6.45) is 0. The molecular formula is C56H32N6. The van der Waals surface area contributed by atoms with Crippen LogP contribution in [-0.2, 0) is 0 Å². The van der Waals surface area contributed by atoms with E-state index < -0.39 is 0 Å². The lowest BCUT2D eigenvalue weighted by atomic mass is 9.76. The summed E-state index contributed by atoms with van der Waals surface area (Å²) in [4.78, 5) is 15.1. The van der Waals surface area contributed by atoms with Crippen LogP contribution in [0.1, 0.15) is 11.1 Å². The van der Waals surface area contributed by atoms with Gasteiger partial charge in [0, 0.05) is 110 Å². The Labute approximate surface area is 353 Å². The van der Waals surface area contributed by atoms with Crippen molar-refractivity contribution in [3.63, 3.8) is 0 Å². The molecule has 6 heteroatoms. The second-order valence-corrected chi connectivity index (χ2v) is 16.1. The molecule has 0 saturated carbocycles. The number of aromatic nitrogens is 4. The van der Waals surface area contributed by atoms with E-state index in [1.807, 2.05) is 12.1 Å². The second kappa shape index (κ2) is 12.8. The molecule has 4 N–H and O–H groups in total. The molecule has 0 unspecified atom stereocenters. The standard InChI is InChI=1S/C56H32N6/c57-29-43-44(30-58)50(40-22-10-18-36-32-14-2-6-26-46(32)60-54(36)40)52(42-24-12-20-38-34-16-4-8-28-48(34)62-56(38)42)51(41-23-11-19-37-33-15-3-7-27-47(33)61-55(37)41)49(43)39-21-9-17-35-31-13-1-5-25-45(31)59-53(35)39/h1-28,59-62H. The molecule has 0 aliphatic rings. The number of nitrogens with zero attached hydrogens (tertiary/aromatic N) is 2. The molecule has 13 aromatic rings. The van der Waals surface area contributed by atoms with Gasteiger partial charge in [-0.1, -0.05) is 146 Å². The maximum absolute atomic E-state index is 11.7. The van der Waals surface area contributed by atoms with Gasteiger partial charge in [-0.15, -0.1) is 0 Å². The Hall–Kier alpha value is -8.84. The molecule has 62 heavy (non-hydrogen) atoms. The van der Waals surface area contributed by atoms with E-state index >= 15 is 0 Å². The number of nitriles is 2. The van der Waals surface area contributed by atoms with Crippen molar-refractivity contribution >= 4 is 87.2 Å². The van der Waals surface area contributed by atoms with Crippen LogP contribution in [0.4, 0.5) is 0 Å². The Morgan fingerprint density at radius 3 is 0.774 bits per heavy atom. The Kier molecular flexibility index (Phi) is 7.05. The summed E-state index contributed by atoms with van der Waals surface area (Å²) in [6, 6.07) is 64.1. The van der Waals surface area contributed by atoms with Gasteiger partial charge in [-0.05, 0) is 24.3 Å². The number of aromatic amines is 4. The maximum Gasteiger partial charge on any atom is 0.101 e. The number of hydrogen-bond acceptors (Lipinski definition) is 2. The summed E-state index contributed by atoms with van der Waals surface area (Å²) in [5.41, 5.74) is 15.0. The average Bonchev–Trinajstić information content (AvgIpc) is 4.11. The summed E-state index contributed by atoms with van der Waals surface area (Å²) in [5.74, 6) is 0. The van der Waals surface area contributed by atoms with Crippen molar-refractivity contribution in [3.8, 4) is 56.6 Å². The normalized spacial score (nSPS) is 11.8. The number of rotatable bonds is 4. The summed E-state index contributed by atoms with van der Waals surface area (Å²) < 4.78 is 0. The Morgan fingerprint density at radius 2 is 0.500 bits per heavy atom. The van der Waals surface area contributed by atoms with Crippen LogP contribution < -0.4 is 0 Å². The molecule has 0 radical (unpaired) electrons. The van der Waals surface area contributed by atoms with E-state index in [0.717, 1.165) is 121 Å². The average molecular weight is 789 g/mol. The molecule has 0 fully saturated rings. The number of nitrogens with one attached hydrogen (secondary N) is 4. The summed E-state index contributed by atoms with van der Waals surface area (Å²) in [5, 5.41) is 32.0. The maximum atomic E-state index is 11.7. The first-order valence-corrected chi connectivity index (χ1v) is 20.7. The van der Waals surface area contributed by atoms with Crippen LogP contribution in [0.5, 0.6) is 0 Å². The molecule has 4 heterocycles. The van der Waals surface area contributed by atoms with Gasteiger partial charge in [-0.3, -0.25) is 0 Å². The molecule has 6 nitrogen and oxygen atoms in total. The molecule has 0 amide bonds. The first-order valence-electron chi connectivity index (χ1n) is 20.7. The monoisotopic (exact) mass is 788 g/mol. The fourth-order valence-electron chi connectivity index (χ4n) is 10.4. The lowest BCUT2D eigenvalue weighted by Crippen LogP contribution is -2.04. The Morgan fingerprint density at radius 1 is 0.258 bits per heavy atom.